The highest BCUT2D eigenvalue weighted by Gasteiger charge is 2.32. The molecule has 1 atom stereocenters. The molecule has 0 saturated carbocycles. The van der Waals surface area contributed by atoms with Gasteiger partial charge in [0.25, 0.3) is 0 Å². The van der Waals surface area contributed by atoms with Gasteiger partial charge in [0.1, 0.15) is 11.5 Å². The second-order valence-corrected chi connectivity index (χ2v) is 5.59. The second kappa shape index (κ2) is 6.13. The summed E-state index contributed by atoms with van der Waals surface area (Å²) in [7, 11) is 0. The zero-order chi connectivity index (χ0) is 18.1. The summed E-state index contributed by atoms with van der Waals surface area (Å²) in [5.74, 6) is -2.82. The van der Waals surface area contributed by atoms with Gasteiger partial charge in [-0.05, 0) is 37.6 Å². The Bertz CT molecular complexity index is 935. The molecule has 1 aromatic heterocycles. The molecule has 126 valence electrons. The summed E-state index contributed by atoms with van der Waals surface area (Å²) < 4.78 is 1.46. The third-order valence-electron chi connectivity index (χ3n) is 4.04. The van der Waals surface area contributed by atoms with E-state index >= 15 is 0 Å². The van der Waals surface area contributed by atoms with Gasteiger partial charge in [-0.2, -0.15) is 10.4 Å². The van der Waals surface area contributed by atoms with Gasteiger partial charge < -0.3 is 15.5 Å². The van der Waals surface area contributed by atoms with Crippen molar-refractivity contribution in [3.05, 3.63) is 52.9 Å². The number of carboxylic acid groups (broad SMARTS) is 2. The standard InChI is InChI=1S/C17H14N4O4/c1-9-14-12(16(22)23)6-7-13(17(24)25)19-15(14)21(20-9)11-4-2-10(8-18)3-5-11/h2-5,7,12,19H,6H2,1H3,(H,22,23)(H,24,25). The maximum Gasteiger partial charge on any atom is 0.352 e. The zero-order valence-corrected chi connectivity index (χ0v) is 13.2. The fraction of sp³-hybridized carbons (Fsp3) is 0.176. The van der Waals surface area contributed by atoms with E-state index in [1.165, 1.54) is 10.8 Å². The van der Waals surface area contributed by atoms with Crippen LogP contribution in [0.5, 0.6) is 0 Å². The van der Waals surface area contributed by atoms with E-state index in [9.17, 15) is 19.8 Å². The molecule has 0 bridgehead atoms. The number of hydrogen-bond acceptors (Lipinski definition) is 5. The molecular formula is C17H14N4O4. The molecule has 0 fully saturated rings. The Labute approximate surface area is 142 Å². The fourth-order valence-corrected chi connectivity index (χ4v) is 2.84. The second-order valence-electron chi connectivity index (χ2n) is 5.59. The minimum atomic E-state index is -1.18. The summed E-state index contributed by atoms with van der Waals surface area (Å²) in [6.07, 6.45) is 1.42. The summed E-state index contributed by atoms with van der Waals surface area (Å²) in [6.45, 7) is 1.68. The number of nitrogens with zero attached hydrogens (tertiary/aromatic N) is 3. The molecule has 0 saturated heterocycles. The first-order chi connectivity index (χ1) is 11.9. The molecule has 2 aromatic rings. The minimum Gasteiger partial charge on any atom is -0.481 e. The molecule has 0 radical (unpaired) electrons. The Morgan fingerprint density at radius 1 is 1.32 bits per heavy atom. The van der Waals surface area contributed by atoms with Gasteiger partial charge in [-0.3, -0.25) is 4.79 Å². The number of aryl methyl sites for hydroxylation is 1. The fourth-order valence-electron chi connectivity index (χ4n) is 2.84. The third kappa shape index (κ3) is 2.83. The van der Waals surface area contributed by atoms with Crippen LogP contribution in [0.15, 0.2) is 36.0 Å². The van der Waals surface area contributed by atoms with Crippen molar-refractivity contribution in [3.63, 3.8) is 0 Å². The monoisotopic (exact) mass is 338 g/mol. The van der Waals surface area contributed by atoms with Gasteiger partial charge in [0, 0.05) is 5.56 Å². The summed E-state index contributed by atoms with van der Waals surface area (Å²) in [4.78, 5) is 23.0. The Hall–Kier alpha value is -3.60. The summed E-state index contributed by atoms with van der Waals surface area (Å²) in [6, 6.07) is 8.56. The van der Waals surface area contributed by atoms with Crippen molar-refractivity contribution in [2.75, 3.05) is 5.32 Å². The highest BCUT2D eigenvalue weighted by atomic mass is 16.4. The first-order valence-corrected chi connectivity index (χ1v) is 7.45. The third-order valence-corrected chi connectivity index (χ3v) is 4.04. The van der Waals surface area contributed by atoms with Crippen LogP contribution in [0.1, 0.15) is 29.2 Å². The number of fused-ring (bicyclic) bond motifs is 1. The molecule has 0 spiro atoms. The summed E-state index contributed by atoms with van der Waals surface area (Å²) >= 11 is 0. The average Bonchev–Trinajstić information content (AvgIpc) is 2.79. The van der Waals surface area contributed by atoms with Gasteiger partial charge in [-0.25, -0.2) is 9.48 Å². The van der Waals surface area contributed by atoms with Crippen LogP contribution in [0.25, 0.3) is 5.69 Å². The van der Waals surface area contributed by atoms with Crippen molar-refractivity contribution < 1.29 is 19.8 Å². The maximum atomic E-state index is 11.7. The molecule has 0 aliphatic carbocycles. The van der Waals surface area contributed by atoms with Crippen LogP contribution in [-0.4, -0.2) is 31.9 Å². The average molecular weight is 338 g/mol. The van der Waals surface area contributed by atoms with E-state index in [2.05, 4.69) is 10.4 Å². The molecule has 1 unspecified atom stereocenters. The van der Waals surface area contributed by atoms with E-state index in [4.69, 9.17) is 5.26 Å². The number of anilines is 1. The van der Waals surface area contributed by atoms with Crippen LogP contribution in [-0.2, 0) is 9.59 Å². The first kappa shape index (κ1) is 16.3. The number of nitriles is 1. The largest absolute Gasteiger partial charge is 0.481 e. The van der Waals surface area contributed by atoms with Gasteiger partial charge in [-0.15, -0.1) is 0 Å². The van der Waals surface area contributed by atoms with Crippen molar-refractivity contribution in [1.82, 2.24) is 9.78 Å². The van der Waals surface area contributed by atoms with Crippen molar-refractivity contribution in [2.45, 2.75) is 19.3 Å². The van der Waals surface area contributed by atoms with Crippen molar-refractivity contribution >= 4 is 17.8 Å². The van der Waals surface area contributed by atoms with E-state index in [-0.39, 0.29) is 12.1 Å². The Morgan fingerprint density at radius 3 is 2.56 bits per heavy atom. The van der Waals surface area contributed by atoms with Crippen molar-refractivity contribution in [3.8, 4) is 11.8 Å². The van der Waals surface area contributed by atoms with Crippen LogP contribution in [0.3, 0.4) is 0 Å². The lowest BCUT2D eigenvalue weighted by Gasteiger charge is -2.12. The number of allylic oxidation sites excluding steroid dienone is 1. The smallest absolute Gasteiger partial charge is 0.352 e. The summed E-state index contributed by atoms with van der Waals surface area (Å²) in [5.41, 5.74) is 1.91. The number of nitrogens with one attached hydrogen (secondary N) is 1. The molecule has 1 aliphatic heterocycles. The van der Waals surface area contributed by atoms with Crippen LogP contribution >= 0.6 is 0 Å². The molecule has 8 nitrogen and oxygen atoms in total. The van der Waals surface area contributed by atoms with E-state index < -0.39 is 17.9 Å². The van der Waals surface area contributed by atoms with E-state index in [0.29, 0.717) is 28.3 Å². The Kier molecular flexibility index (Phi) is 3.99. The highest BCUT2D eigenvalue weighted by molar-refractivity contribution is 5.92. The van der Waals surface area contributed by atoms with Gasteiger partial charge >= 0.3 is 11.9 Å². The van der Waals surface area contributed by atoms with Crippen LogP contribution < -0.4 is 5.32 Å². The zero-order valence-electron chi connectivity index (χ0n) is 13.2. The molecular weight excluding hydrogens is 324 g/mol. The lowest BCUT2D eigenvalue weighted by atomic mass is 9.96. The molecule has 3 N–H and O–H groups in total. The van der Waals surface area contributed by atoms with Crippen LogP contribution in [0.4, 0.5) is 5.82 Å². The molecule has 0 amide bonds. The number of hydrogen-bond donors (Lipinski definition) is 3. The number of carbonyl (C=O) groups is 2. The van der Waals surface area contributed by atoms with Crippen molar-refractivity contribution in [2.24, 2.45) is 0 Å². The van der Waals surface area contributed by atoms with E-state index in [1.807, 2.05) is 6.07 Å². The lowest BCUT2D eigenvalue weighted by molar-refractivity contribution is -0.139. The quantitative estimate of drug-likeness (QED) is 0.780. The number of rotatable bonds is 3. The van der Waals surface area contributed by atoms with E-state index in [0.717, 1.165) is 0 Å². The predicted octanol–water partition coefficient (Wildman–Crippen LogP) is 2.00. The molecule has 1 aromatic carbocycles. The molecule has 1 aliphatic rings. The van der Waals surface area contributed by atoms with Gasteiger partial charge in [-0.1, -0.05) is 6.08 Å². The van der Waals surface area contributed by atoms with Crippen molar-refractivity contribution in [1.29, 1.82) is 5.26 Å². The first-order valence-electron chi connectivity index (χ1n) is 7.45. The highest BCUT2D eigenvalue weighted by Crippen LogP contribution is 2.36. The summed E-state index contributed by atoms with van der Waals surface area (Å²) in [5, 5.41) is 34.9. The topological polar surface area (TPSA) is 128 Å². The van der Waals surface area contributed by atoms with Crippen LogP contribution in [0.2, 0.25) is 0 Å². The number of carboxylic acids is 2. The lowest BCUT2D eigenvalue weighted by Crippen LogP contribution is -2.14. The maximum absolute atomic E-state index is 11.7. The minimum absolute atomic E-state index is 0.0525. The van der Waals surface area contributed by atoms with Gasteiger partial charge in [0.05, 0.1) is 28.9 Å². The Balaban J connectivity index is 2.19. The number of aromatic nitrogens is 2. The molecule has 25 heavy (non-hydrogen) atoms. The molecule has 2 heterocycles. The molecule has 3 rings (SSSR count). The van der Waals surface area contributed by atoms with Gasteiger partial charge in [0.15, 0.2) is 0 Å². The predicted molar refractivity (Wildman–Crippen MR) is 87.4 cm³/mol. The van der Waals surface area contributed by atoms with E-state index in [1.54, 1.807) is 31.2 Å². The normalized spacial score (nSPS) is 16.0. The SMILES string of the molecule is Cc1nn(-c2ccc(C#N)cc2)c2c1C(C(=O)O)CC=C(C(=O)O)N2. The number of benzene rings is 1. The Morgan fingerprint density at radius 2 is 2.00 bits per heavy atom. The molecule has 8 heteroatoms. The van der Waals surface area contributed by atoms with Gasteiger partial charge in [0.2, 0.25) is 0 Å². The van der Waals surface area contributed by atoms with Crippen LogP contribution in [0, 0.1) is 18.3 Å². The number of aliphatic carboxylic acids is 2.